The van der Waals surface area contributed by atoms with Gasteiger partial charge in [-0.05, 0) is 37.8 Å². The van der Waals surface area contributed by atoms with E-state index in [9.17, 15) is 27.6 Å². The maximum Gasteiger partial charge on any atom is 0.417 e. The molecule has 2 fully saturated rings. The van der Waals surface area contributed by atoms with Crippen molar-refractivity contribution in [1.29, 1.82) is 0 Å². The highest BCUT2D eigenvalue weighted by Crippen LogP contribution is 2.40. The lowest BCUT2D eigenvalue weighted by Crippen LogP contribution is -2.44. The molecule has 1 unspecified atom stereocenters. The van der Waals surface area contributed by atoms with E-state index in [1.165, 1.54) is 29.2 Å². The lowest BCUT2D eigenvalue weighted by Gasteiger charge is -2.27. The van der Waals surface area contributed by atoms with Gasteiger partial charge < -0.3 is 5.32 Å². The summed E-state index contributed by atoms with van der Waals surface area (Å²) >= 11 is 0. The lowest BCUT2D eigenvalue weighted by atomic mass is 10.0. The number of nitrogens with one attached hydrogen (secondary N) is 2. The van der Waals surface area contributed by atoms with E-state index in [0.717, 1.165) is 31.7 Å². The van der Waals surface area contributed by atoms with E-state index in [1.54, 1.807) is 4.68 Å². The van der Waals surface area contributed by atoms with Crippen molar-refractivity contribution >= 4 is 17.7 Å². The van der Waals surface area contributed by atoms with Gasteiger partial charge in [-0.3, -0.25) is 24.0 Å². The van der Waals surface area contributed by atoms with Crippen molar-refractivity contribution in [3.63, 3.8) is 0 Å². The zero-order valence-electron chi connectivity index (χ0n) is 21.7. The van der Waals surface area contributed by atoms with E-state index in [0.29, 0.717) is 12.2 Å². The number of carbonyl (C=O) groups is 3. The predicted octanol–water partition coefficient (Wildman–Crippen LogP) is 3.47. The number of H-pyrrole nitrogens is 1. The van der Waals surface area contributed by atoms with Gasteiger partial charge in [0.15, 0.2) is 11.5 Å². The highest BCUT2D eigenvalue weighted by molar-refractivity contribution is 5.97. The van der Waals surface area contributed by atoms with E-state index >= 15 is 0 Å². The normalized spacial score (nSPS) is 17.4. The summed E-state index contributed by atoms with van der Waals surface area (Å²) in [5.74, 6) is -0.793. The van der Waals surface area contributed by atoms with Crippen LogP contribution in [0.1, 0.15) is 79.3 Å². The summed E-state index contributed by atoms with van der Waals surface area (Å²) in [4.78, 5) is 39.2. The van der Waals surface area contributed by atoms with Gasteiger partial charge in [0.25, 0.3) is 5.91 Å². The number of benzene rings is 1. The molecule has 0 spiro atoms. The molecule has 1 aromatic carbocycles. The van der Waals surface area contributed by atoms with E-state index in [2.05, 4.69) is 31.0 Å². The molecule has 11 nitrogen and oxygen atoms in total. The Morgan fingerprint density at radius 2 is 1.82 bits per heavy atom. The Morgan fingerprint density at radius 3 is 2.50 bits per heavy atom. The predicted molar refractivity (Wildman–Crippen MR) is 134 cm³/mol. The molecule has 212 valence electrons. The molecule has 1 aliphatic carbocycles. The van der Waals surface area contributed by atoms with Crippen LogP contribution in [0.25, 0.3) is 11.3 Å². The van der Waals surface area contributed by atoms with Crippen molar-refractivity contribution in [2.75, 3.05) is 6.54 Å². The number of hydrogen-bond acceptors (Lipinski definition) is 7. The second-order valence-corrected chi connectivity index (χ2v) is 10.1. The van der Waals surface area contributed by atoms with Crippen LogP contribution in [0, 0.1) is 0 Å². The molecule has 40 heavy (non-hydrogen) atoms. The summed E-state index contributed by atoms with van der Waals surface area (Å²) in [6.07, 6.45) is 0.243. The fourth-order valence-electron chi connectivity index (χ4n) is 5.40. The van der Waals surface area contributed by atoms with Crippen LogP contribution in [-0.2, 0) is 22.2 Å². The summed E-state index contributed by atoms with van der Waals surface area (Å²) < 4.78 is 43.2. The van der Waals surface area contributed by atoms with Gasteiger partial charge in [0.2, 0.25) is 11.8 Å². The van der Waals surface area contributed by atoms with Gasteiger partial charge in [0.1, 0.15) is 0 Å². The van der Waals surface area contributed by atoms with Crippen molar-refractivity contribution in [2.24, 2.45) is 0 Å². The van der Waals surface area contributed by atoms with E-state index < -0.39 is 23.7 Å². The molecule has 14 heteroatoms. The number of nitrogens with zero attached hydrogens (tertiary/aromatic N) is 6. The van der Waals surface area contributed by atoms with Crippen molar-refractivity contribution < 1.29 is 27.6 Å². The Morgan fingerprint density at radius 1 is 1.10 bits per heavy atom. The van der Waals surface area contributed by atoms with Gasteiger partial charge >= 0.3 is 6.18 Å². The largest absolute Gasteiger partial charge is 0.417 e. The molecule has 1 saturated heterocycles. The summed E-state index contributed by atoms with van der Waals surface area (Å²) in [5, 5.41) is 21.1. The Balaban J connectivity index is 1.41. The first kappa shape index (κ1) is 27.5. The Labute approximate surface area is 227 Å². The first-order chi connectivity index (χ1) is 19.2. The second-order valence-electron chi connectivity index (χ2n) is 10.1. The average molecular weight is 559 g/mol. The summed E-state index contributed by atoms with van der Waals surface area (Å²) in [6.45, 7) is 0.0984. The number of piperidine rings is 1. The average Bonchev–Trinajstić information content (AvgIpc) is 3.70. The maximum absolute atomic E-state index is 13.9. The highest BCUT2D eigenvalue weighted by atomic mass is 19.4. The first-order valence-electron chi connectivity index (χ1n) is 13.3. The highest BCUT2D eigenvalue weighted by Gasteiger charge is 2.35. The minimum atomic E-state index is -4.58. The van der Waals surface area contributed by atoms with E-state index in [4.69, 9.17) is 0 Å². The van der Waals surface area contributed by atoms with Gasteiger partial charge in [0.05, 0.1) is 17.3 Å². The van der Waals surface area contributed by atoms with Gasteiger partial charge in [-0.1, -0.05) is 36.3 Å². The second kappa shape index (κ2) is 11.6. The molecule has 2 aliphatic rings. The summed E-state index contributed by atoms with van der Waals surface area (Å²) in [7, 11) is 0. The number of aromatic nitrogens is 6. The third-order valence-corrected chi connectivity index (χ3v) is 7.39. The topological polar surface area (TPSA) is 139 Å². The van der Waals surface area contributed by atoms with Crippen molar-refractivity contribution in [3.05, 3.63) is 47.4 Å². The van der Waals surface area contributed by atoms with Gasteiger partial charge in [0, 0.05) is 37.4 Å². The molecular weight excluding hydrogens is 529 g/mol. The van der Waals surface area contributed by atoms with Crippen molar-refractivity contribution in [1.82, 2.24) is 40.6 Å². The van der Waals surface area contributed by atoms with E-state index in [-0.39, 0.29) is 67.0 Å². The fraction of sp³-hybridized carbons (Fsp3) is 0.500. The molecule has 3 heterocycles. The van der Waals surface area contributed by atoms with Crippen LogP contribution in [0.15, 0.2) is 30.3 Å². The molecule has 0 radical (unpaired) electrons. The number of imide groups is 1. The number of hydrogen-bond donors (Lipinski definition) is 2. The fourth-order valence-corrected chi connectivity index (χ4v) is 5.40. The molecule has 3 amide bonds. The Bertz CT molecular complexity index is 1350. The summed E-state index contributed by atoms with van der Waals surface area (Å²) in [5.41, 5.74) is -0.641. The molecule has 2 aromatic heterocycles. The number of likely N-dealkylation sites (tertiary alicyclic amines) is 1. The number of halogens is 3. The van der Waals surface area contributed by atoms with Gasteiger partial charge in [-0.25, -0.2) is 0 Å². The molecule has 1 saturated carbocycles. The molecule has 2 N–H and O–H groups in total. The number of tetrazole rings is 1. The van der Waals surface area contributed by atoms with Crippen LogP contribution in [0.5, 0.6) is 0 Å². The quantitative estimate of drug-likeness (QED) is 0.384. The molecule has 1 aliphatic heterocycles. The number of amides is 3. The number of carbonyl (C=O) groups excluding carboxylic acids is 3. The Kier molecular flexibility index (Phi) is 7.94. The smallest absolute Gasteiger partial charge is 0.347 e. The molecular formula is C26H29F3N8O3. The van der Waals surface area contributed by atoms with Crippen LogP contribution >= 0.6 is 0 Å². The number of rotatable bonds is 9. The number of aromatic amines is 1. The van der Waals surface area contributed by atoms with Crippen molar-refractivity contribution in [2.45, 2.75) is 76.0 Å². The SMILES string of the molecule is O=C(NC(CCN1C(=O)CCCC1=O)Cc1nn[nH]n1)c1cc(-c2ccccc2C(F)(F)F)n(C2CCCC2)n1. The van der Waals surface area contributed by atoms with Crippen LogP contribution in [0.2, 0.25) is 0 Å². The van der Waals surface area contributed by atoms with Crippen molar-refractivity contribution in [3.8, 4) is 11.3 Å². The van der Waals surface area contributed by atoms with Gasteiger partial charge in [-0.2, -0.15) is 23.5 Å². The number of alkyl halides is 3. The molecule has 0 bridgehead atoms. The van der Waals surface area contributed by atoms with Crippen LogP contribution < -0.4 is 5.32 Å². The molecule has 1 atom stereocenters. The minimum absolute atomic E-state index is 0.0258. The zero-order valence-corrected chi connectivity index (χ0v) is 21.7. The first-order valence-corrected chi connectivity index (χ1v) is 13.3. The monoisotopic (exact) mass is 558 g/mol. The third kappa shape index (κ3) is 6.05. The minimum Gasteiger partial charge on any atom is -0.347 e. The van der Waals surface area contributed by atoms with E-state index in [1.807, 2.05) is 0 Å². The third-order valence-electron chi connectivity index (χ3n) is 7.39. The van der Waals surface area contributed by atoms with Crippen LogP contribution in [0.4, 0.5) is 13.2 Å². The standard InChI is InChI=1S/C26H29F3N8O3/c27-26(28,29)19-9-4-3-8-18(19)21-15-20(33-37(21)17-6-1-2-7-17)25(40)30-16(14-22-31-34-35-32-22)12-13-36-23(38)10-5-11-24(36)39/h3-4,8-9,15-17H,1-2,5-7,10-14H2,(H,30,40)(H,31,32,34,35). The Hall–Kier alpha value is -4.10. The van der Waals surface area contributed by atoms with Crippen LogP contribution in [0.3, 0.4) is 0 Å². The molecule has 5 rings (SSSR count). The van der Waals surface area contributed by atoms with Gasteiger partial charge in [-0.15, -0.1) is 10.2 Å². The van der Waals surface area contributed by atoms with Crippen LogP contribution in [-0.4, -0.2) is 65.6 Å². The lowest BCUT2D eigenvalue weighted by molar-refractivity contribution is -0.148. The molecule has 3 aromatic rings. The summed E-state index contributed by atoms with van der Waals surface area (Å²) in [6, 6.07) is 5.93. The zero-order chi connectivity index (χ0) is 28.3. The maximum atomic E-state index is 13.9.